The fourth-order valence-electron chi connectivity index (χ4n) is 3.21. The van der Waals surface area contributed by atoms with Crippen molar-refractivity contribution in [2.75, 3.05) is 5.32 Å². The van der Waals surface area contributed by atoms with Crippen LogP contribution >= 0.6 is 0 Å². The van der Waals surface area contributed by atoms with E-state index in [2.05, 4.69) is 27.6 Å². The van der Waals surface area contributed by atoms with Crippen molar-refractivity contribution in [1.29, 1.82) is 0 Å². The van der Waals surface area contributed by atoms with Gasteiger partial charge in [-0.15, -0.1) is 5.10 Å². The quantitative estimate of drug-likeness (QED) is 0.773. The van der Waals surface area contributed by atoms with E-state index in [1.165, 1.54) is 36.1 Å². The zero-order valence-corrected chi connectivity index (χ0v) is 14.2. The number of aryl methyl sites for hydroxylation is 2. The minimum atomic E-state index is -0.333. The summed E-state index contributed by atoms with van der Waals surface area (Å²) in [6.45, 7) is 0. The number of benzene rings is 2. The second kappa shape index (κ2) is 7.07. The number of nitrogens with one attached hydrogen (secondary N) is 1. The summed E-state index contributed by atoms with van der Waals surface area (Å²) < 4.78 is 18.5. The minimum absolute atomic E-state index is 0.0600. The maximum atomic E-state index is 12.9. The molecular formula is C20H18FN3O2. The van der Waals surface area contributed by atoms with Crippen LogP contribution in [0.1, 0.15) is 29.5 Å². The van der Waals surface area contributed by atoms with E-state index in [1.807, 2.05) is 6.07 Å². The summed E-state index contributed by atoms with van der Waals surface area (Å²) in [5.74, 6) is -0.242. The van der Waals surface area contributed by atoms with Gasteiger partial charge in [0.05, 0.1) is 6.42 Å². The molecular weight excluding hydrogens is 333 g/mol. The summed E-state index contributed by atoms with van der Waals surface area (Å²) in [6, 6.07) is 12.0. The van der Waals surface area contributed by atoms with Crippen molar-refractivity contribution in [3.05, 3.63) is 65.0 Å². The van der Waals surface area contributed by atoms with Gasteiger partial charge in [-0.25, -0.2) is 4.39 Å². The number of hydrogen-bond acceptors (Lipinski definition) is 4. The van der Waals surface area contributed by atoms with Gasteiger partial charge in [-0.3, -0.25) is 10.1 Å². The zero-order chi connectivity index (χ0) is 17.9. The Hall–Kier alpha value is -3.02. The van der Waals surface area contributed by atoms with Crippen LogP contribution in [0.4, 0.5) is 10.4 Å². The lowest BCUT2D eigenvalue weighted by molar-refractivity contribution is -0.115. The zero-order valence-electron chi connectivity index (χ0n) is 14.2. The molecule has 0 spiro atoms. The third-order valence-electron chi connectivity index (χ3n) is 4.54. The molecule has 0 fully saturated rings. The van der Waals surface area contributed by atoms with Crippen molar-refractivity contribution in [2.45, 2.75) is 32.1 Å². The van der Waals surface area contributed by atoms with Crippen molar-refractivity contribution >= 4 is 11.9 Å². The second-order valence-corrected chi connectivity index (χ2v) is 6.45. The lowest BCUT2D eigenvalue weighted by Crippen LogP contribution is -2.14. The predicted octanol–water partition coefficient (Wildman–Crippen LogP) is 3.94. The number of halogens is 1. The van der Waals surface area contributed by atoms with Crippen LogP contribution in [0.2, 0.25) is 0 Å². The van der Waals surface area contributed by atoms with E-state index in [9.17, 15) is 9.18 Å². The van der Waals surface area contributed by atoms with Crippen molar-refractivity contribution in [3.63, 3.8) is 0 Å². The number of anilines is 1. The monoisotopic (exact) mass is 351 g/mol. The first kappa shape index (κ1) is 16.4. The number of carbonyl (C=O) groups excluding carboxylic acids is 1. The topological polar surface area (TPSA) is 68.0 Å². The molecule has 0 bridgehead atoms. The number of rotatable bonds is 4. The Labute approximate surface area is 150 Å². The molecule has 1 aliphatic rings. The van der Waals surface area contributed by atoms with Crippen molar-refractivity contribution in [2.24, 2.45) is 0 Å². The van der Waals surface area contributed by atoms with E-state index in [1.54, 1.807) is 12.1 Å². The number of carbonyl (C=O) groups is 1. The fraction of sp³-hybridized carbons (Fsp3) is 0.250. The molecule has 0 saturated carbocycles. The fourth-order valence-corrected chi connectivity index (χ4v) is 3.21. The maximum Gasteiger partial charge on any atom is 0.322 e. The molecule has 1 aliphatic carbocycles. The van der Waals surface area contributed by atoms with Crippen molar-refractivity contribution in [3.8, 4) is 11.5 Å². The van der Waals surface area contributed by atoms with Crippen LogP contribution in [0.15, 0.2) is 46.9 Å². The van der Waals surface area contributed by atoms with Crippen molar-refractivity contribution in [1.82, 2.24) is 10.2 Å². The Morgan fingerprint density at radius 1 is 1.04 bits per heavy atom. The van der Waals surface area contributed by atoms with Crippen LogP contribution in [0.3, 0.4) is 0 Å². The van der Waals surface area contributed by atoms with Gasteiger partial charge in [0.2, 0.25) is 11.8 Å². The third-order valence-corrected chi connectivity index (χ3v) is 4.54. The first-order valence-electron chi connectivity index (χ1n) is 8.67. The number of aromatic nitrogens is 2. The molecule has 0 aliphatic heterocycles. The Kier molecular flexibility index (Phi) is 4.48. The van der Waals surface area contributed by atoms with Gasteiger partial charge in [0.15, 0.2) is 0 Å². The largest absolute Gasteiger partial charge is 0.403 e. The highest BCUT2D eigenvalue weighted by atomic mass is 19.1. The molecule has 0 atom stereocenters. The summed E-state index contributed by atoms with van der Waals surface area (Å²) >= 11 is 0. The van der Waals surface area contributed by atoms with Gasteiger partial charge in [-0.1, -0.05) is 23.3 Å². The molecule has 6 heteroatoms. The van der Waals surface area contributed by atoms with E-state index in [4.69, 9.17) is 4.42 Å². The minimum Gasteiger partial charge on any atom is -0.403 e. The molecule has 2 aromatic carbocycles. The van der Waals surface area contributed by atoms with Crippen LogP contribution < -0.4 is 5.32 Å². The predicted molar refractivity (Wildman–Crippen MR) is 95.1 cm³/mol. The summed E-state index contributed by atoms with van der Waals surface area (Å²) in [7, 11) is 0. The lowest BCUT2D eigenvalue weighted by Gasteiger charge is -2.15. The summed E-state index contributed by atoms with van der Waals surface area (Å²) in [5, 5.41) is 10.5. The average molecular weight is 351 g/mol. The van der Waals surface area contributed by atoms with E-state index in [0.29, 0.717) is 11.5 Å². The highest BCUT2D eigenvalue weighted by Gasteiger charge is 2.15. The molecule has 26 heavy (non-hydrogen) atoms. The molecule has 0 saturated heterocycles. The average Bonchev–Trinajstić information content (AvgIpc) is 3.11. The highest BCUT2D eigenvalue weighted by molar-refractivity contribution is 5.90. The van der Waals surface area contributed by atoms with Crippen LogP contribution in [0.5, 0.6) is 0 Å². The molecule has 132 valence electrons. The van der Waals surface area contributed by atoms with Gasteiger partial charge >= 0.3 is 6.01 Å². The summed E-state index contributed by atoms with van der Waals surface area (Å²) in [5.41, 5.74) is 4.27. The Balaban J connectivity index is 1.44. The normalized spacial score (nSPS) is 13.3. The lowest BCUT2D eigenvalue weighted by atomic mass is 9.90. The first-order valence-corrected chi connectivity index (χ1v) is 8.67. The van der Waals surface area contributed by atoms with Gasteiger partial charge in [0.25, 0.3) is 0 Å². The van der Waals surface area contributed by atoms with Crippen LogP contribution in [0.25, 0.3) is 11.5 Å². The van der Waals surface area contributed by atoms with Crippen LogP contribution in [0, 0.1) is 5.82 Å². The smallest absolute Gasteiger partial charge is 0.322 e. The molecule has 1 amide bonds. The van der Waals surface area contributed by atoms with Gasteiger partial charge < -0.3 is 4.42 Å². The molecule has 0 unspecified atom stereocenters. The van der Waals surface area contributed by atoms with Crippen molar-refractivity contribution < 1.29 is 13.6 Å². The molecule has 3 aromatic rings. The Morgan fingerprint density at radius 3 is 2.62 bits per heavy atom. The molecule has 4 rings (SSSR count). The van der Waals surface area contributed by atoms with E-state index in [-0.39, 0.29) is 24.2 Å². The highest BCUT2D eigenvalue weighted by Crippen LogP contribution is 2.27. The van der Waals surface area contributed by atoms with Gasteiger partial charge in [0.1, 0.15) is 5.82 Å². The van der Waals surface area contributed by atoms with Gasteiger partial charge in [-0.05, 0) is 66.6 Å². The third kappa shape index (κ3) is 3.64. The Bertz CT molecular complexity index is 934. The van der Waals surface area contributed by atoms with Crippen LogP contribution in [-0.4, -0.2) is 16.1 Å². The molecule has 1 aromatic heterocycles. The number of nitrogens with zero attached hydrogens (tertiary/aromatic N) is 2. The SMILES string of the molecule is O=C(Cc1ccc(F)cc1)Nc1nnc(-c2ccc3c(c2)CCCC3)o1. The van der Waals surface area contributed by atoms with Gasteiger partial charge in [-0.2, -0.15) is 0 Å². The van der Waals surface area contributed by atoms with E-state index >= 15 is 0 Å². The molecule has 1 heterocycles. The molecule has 5 nitrogen and oxygen atoms in total. The summed E-state index contributed by atoms with van der Waals surface area (Å²) in [6.07, 6.45) is 4.72. The molecule has 1 N–H and O–H groups in total. The number of fused-ring (bicyclic) bond motifs is 1. The second-order valence-electron chi connectivity index (χ2n) is 6.45. The summed E-state index contributed by atoms with van der Waals surface area (Å²) in [4.78, 5) is 12.1. The number of hydrogen-bond donors (Lipinski definition) is 1. The number of amides is 1. The van der Waals surface area contributed by atoms with Gasteiger partial charge in [0, 0.05) is 5.56 Å². The first-order chi connectivity index (χ1) is 12.7. The van der Waals surface area contributed by atoms with E-state index in [0.717, 1.165) is 18.4 Å². The Morgan fingerprint density at radius 2 is 1.81 bits per heavy atom. The van der Waals surface area contributed by atoms with E-state index < -0.39 is 0 Å². The molecule has 0 radical (unpaired) electrons. The standard InChI is InChI=1S/C20H18FN3O2/c21-17-9-5-13(6-10-17)11-18(25)22-20-24-23-19(26-20)16-8-7-14-3-1-2-4-15(14)12-16/h5-10,12H,1-4,11H2,(H,22,24,25). The van der Waals surface area contributed by atoms with Crippen LogP contribution in [-0.2, 0) is 24.1 Å². The maximum absolute atomic E-state index is 12.9.